The van der Waals surface area contributed by atoms with Crippen molar-refractivity contribution in [2.45, 2.75) is 18.9 Å². The Bertz CT molecular complexity index is 585. The zero-order valence-corrected chi connectivity index (χ0v) is 11.3. The number of carboxylic acid groups (broad SMARTS) is 1. The highest BCUT2D eigenvalue weighted by molar-refractivity contribution is 5.95. The summed E-state index contributed by atoms with van der Waals surface area (Å²) in [5.74, 6) is -2.14. The molecule has 21 heavy (non-hydrogen) atoms. The van der Waals surface area contributed by atoms with Gasteiger partial charge in [0, 0.05) is 23.7 Å². The summed E-state index contributed by atoms with van der Waals surface area (Å²) in [6.07, 6.45) is 3.53. The van der Waals surface area contributed by atoms with Crippen LogP contribution in [0.1, 0.15) is 28.8 Å². The summed E-state index contributed by atoms with van der Waals surface area (Å²) in [6, 6.07) is 3.70. The van der Waals surface area contributed by atoms with Crippen LogP contribution in [0.3, 0.4) is 0 Å². The number of carboxylic acids is 1. The SMILES string of the molecule is O=C(O)C=Cc1ccc(C(=O)N2CCCC2CO)cc1F. The molecular formula is C15H16FNO4. The maximum Gasteiger partial charge on any atom is 0.328 e. The molecule has 1 aromatic carbocycles. The molecule has 1 atom stereocenters. The molecule has 1 saturated heterocycles. The van der Waals surface area contributed by atoms with Crippen LogP contribution in [-0.4, -0.2) is 46.2 Å². The Morgan fingerprint density at radius 1 is 1.43 bits per heavy atom. The zero-order chi connectivity index (χ0) is 15.4. The normalized spacial score (nSPS) is 18.4. The number of aliphatic carboxylic acids is 1. The van der Waals surface area contributed by atoms with Crippen LogP contribution >= 0.6 is 0 Å². The molecule has 1 aliphatic rings. The van der Waals surface area contributed by atoms with E-state index in [9.17, 15) is 19.1 Å². The van der Waals surface area contributed by atoms with Crippen molar-refractivity contribution < 1.29 is 24.2 Å². The first-order valence-corrected chi connectivity index (χ1v) is 6.65. The molecule has 112 valence electrons. The minimum atomic E-state index is -1.17. The van der Waals surface area contributed by atoms with Gasteiger partial charge in [-0.1, -0.05) is 6.07 Å². The number of halogens is 1. The Balaban J connectivity index is 2.19. The van der Waals surface area contributed by atoms with Crippen LogP contribution in [0.2, 0.25) is 0 Å². The second-order valence-corrected chi connectivity index (χ2v) is 4.89. The predicted molar refractivity (Wildman–Crippen MR) is 74.2 cm³/mol. The number of likely N-dealkylation sites (tertiary alicyclic amines) is 1. The summed E-state index contributed by atoms with van der Waals surface area (Å²) in [7, 11) is 0. The first kappa shape index (κ1) is 15.2. The van der Waals surface area contributed by atoms with Gasteiger partial charge in [-0.3, -0.25) is 4.79 Å². The number of hydrogen-bond donors (Lipinski definition) is 2. The molecule has 2 N–H and O–H groups in total. The van der Waals surface area contributed by atoms with Crippen molar-refractivity contribution in [2.24, 2.45) is 0 Å². The predicted octanol–water partition coefficient (Wildman–Crippen LogP) is 1.52. The number of aliphatic hydroxyl groups excluding tert-OH is 1. The van der Waals surface area contributed by atoms with E-state index in [0.717, 1.165) is 31.1 Å². The molecule has 5 nitrogen and oxygen atoms in total. The molecule has 1 amide bonds. The summed E-state index contributed by atoms with van der Waals surface area (Å²) in [5.41, 5.74) is 0.300. The molecule has 2 rings (SSSR count). The van der Waals surface area contributed by atoms with Crippen LogP contribution in [-0.2, 0) is 4.79 Å². The number of rotatable bonds is 4. The number of nitrogens with zero attached hydrogens (tertiary/aromatic N) is 1. The van der Waals surface area contributed by atoms with E-state index in [0.29, 0.717) is 6.54 Å². The van der Waals surface area contributed by atoms with Crippen molar-refractivity contribution in [3.63, 3.8) is 0 Å². The van der Waals surface area contributed by atoms with E-state index in [2.05, 4.69) is 0 Å². The topological polar surface area (TPSA) is 77.8 Å². The lowest BCUT2D eigenvalue weighted by molar-refractivity contribution is -0.131. The van der Waals surface area contributed by atoms with Crippen LogP contribution < -0.4 is 0 Å². The number of carbonyl (C=O) groups excluding carboxylic acids is 1. The number of carbonyl (C=O) groups is 2. The van der Waals surface area contributed by atoms with Crippen molar-refractivity contribution in [2.75, 3.05) is 13.2 Å². The standard InChI is InChI=1S/C15H16FNO4/c16-13-8-11(4-3-10(13)5-6-14(19)20)15(21)17-7-1-2-12(17)9-18/h3-6,8,12,18H,1-2,7,9H2,(H,19,20). The van der Waals surface area contributed by atoms with E-state index >= 15 is 0 Å². The van der Waals surface area contributed by atoms with Gasteiger partial charge in [0.15, 0.2) is 0 Å². The van der Waals surface area contributed by atoms with Gasteiger partial charge in [0.05, 0.1) is 12.6 Å². The minimum absolute atomic E-state index is 0.104. The van der Waals surface area contributed by atoms with Crippen molar-refractivity contribution >= 4 is 18.0 Å². The highest BCUT2D eigenvalue weighted by Crippen LogP contribution is 2.21. The largest absolute Gasteiger partial charge is 0.478 e. The van der Waals surface area contributed by atoms with Crippen molar-refractivity contribution in [3.05, 3.63) is 41.2 Å². The molecule has 1 fully saturated rings. The maximum absolute atomic E-state index is 13.9. The van der Waals surface area contributed by atoms with Crippen molar-refractivity contribution in [1.82, 2.24) is 4.90 Å². The van der Waals surface area contributed by atoms with E-state index in [1.54, 1.807) is 4.90 Å². The summed E-state index contributed by atoms with van der Waals surface area (Å²) in [6.45, 7) is 0.444. The van der Waals surface area contributed by atoms with Crippen LogP contribution in [0, 0.1) is 5.82 Å². The monoisotopic (exact) mass is 293 g/mol. The Morgan fingerprint density at radius 3 is 2.81 bits per heavy atom. The average molecular weight is 293 g/mol. The van der Waals surface area contributed by atoms with Gasteiger partial charge in [0.25, 0.3) is 5.91 Å². The van der Waals surface area contributed by atoms with Gasteiger partial charge in [-0.2, -0.15) is 0 Å². The molecule has 0 aromatic heterocycles. The van der Waals surface area contributed by atoms with Crippen LogP contribution in [0.15, 0.2) is 24.3 Å². The second-order valence-electron chi connectivity index (χ2n) is 4.89. The molecule has 0 aliphatic carbocycles. The quantitative estimate of drug-likeness (QED) is 0.825. The molecule has 6 heteroatoms. The summed E-state index contributed by atoms with van der Waals surface area (Å²) in [5, 5.41) is 17.7. The van der Waals surface area contributed by atoms with Gasteiger partial charge in [0.1, 0.15) is 5.82 Å². The number of benzene rings is 1. The van der Waals surface area contributed by atoms with E-state index in [1.807, 2.05) is 0 Å². The van der Waals surface area contributed by atoms with Gasteiger partial charge >= 0.3 is 5.97 Å². The van der Waals surface area contributed by atoms with Gasteiger partial charge < -0.3 is 15.1 Å². The second kappa shape index (κ2) is 6.49. The van der Waals surface area contributed by atoms with Crippen LogP contribution in [0.25, 0.3) is 6.08 Å². The van der Waals surface area contributed by atoms with Gasteiger partial charge in [-0.15, -0.1) is 0 Å². The number of aliphatic hydroxyl groups is 1. The van der Waals surface area contributed by atoms with Crippen LogP contribution in [0.5, 0.6) is 0 Å². The summed E-state index contributed by atoms with van der Waals surface area (Å²) >= 11 is 0. The highest BCUT2D eigenvalue weighted by atomic mass is 19.1. The van der Waals surface area contributed by atoms with Crippen molar-refractivity contribution in [3.8, 4) is 0 Å². The number of amides is 1. The van der Waals surface area contributed by atoms with E-state index in [-0.39, 0.29) is 29.7 Å². The lowest BCUT2D eigenvalue weighted by atomic mass is 10.1. The fourth-order valence-electron chi connectivity index (χ4n) is 2.42. The lowest BCUT2D eigenvalue weighted by Crippen LogP contribution is -2.37. The Kier molecular flexibility index (Phi) is 4.70. The Hall–Kier alpha value is -2.21. The van der Waals surface area contributed by atoms with Gasteiger partial charge in [-0.25, -0.2) is 9.18 Å². The molecule has 1 unspecified atom stereocenters. The first-order valence-electron chi connectivity index (χ1n) is 6.65. The fourth-order valence-corrected chi connectivity index (χ4v) is 2.42. The first-order chi connectivity index (χ1) is 10.0. The molecule has 0 spiro atoms. The molecule has 1 aliphatic heterocycles. The van der Waals surface area contributed by atoms with E-state index in [4.69, 9.17) is 5.11 Å². The molecule has 1 heterocycles. The summed E-state index contributed by atoms with van der Waals surface area (Å²) < 4.78 is 13.9. The molecule has 1 aromatic rings. The maximum atomic E-state index is 13.9. The Morgan fingerprint density at radius 2 is 2.19 bits per heavy atom. The smallest absolute Gasteiger partial charge is 0.328 e. The average Bonchev–Trinajstić information content (AvgIpc) is 2.93. The highest BCUT2D eigenvalue weighted by Gasteiger charge is 2.28. The third kappa shape index (κ3) is 3.46. The molecule has 0 radical (unpaired) electrons. The van der Waals surface area contributed by atoms with Gasteiger partial charge in [-0.05, 0) is 31.1 Å². The van der Waals surface area contributed by atoms with Gasteiger partial charge in [0.2, 0.25) is 0 Å². The lowest BCUT2D eigenvalue weighted by Gasteiger charge is -2.23. The van der Waals surface area contributed by atoms with E-state index < -0.39 is 11.8 Å². The molecule has 0 saturated carbocycles. The number of hydrogen-bond acceptors (Lipinski definition) is 3. The third-order valence-corrected chi connectivity index (χ3v) is 3.50. The fraction of sp³-hybridized carbons (Fsp3) is 0.333. The third-order valence-electron chi connectivity index (χ3n) is 3.50. The molecule has 0 bridgehead atoms. The van der Waals surface area contributed by atoms with Crippen LogP contribution in [0.4, 0.5) is 4.39 Å². The molecular weight excluding hydrogens is 277 g/mol. The van der Waals surface area contributed by atoms with Crippen molar-refractivity contribution in [1.29, 1.82) is 0 Å². The zero-order valence-electron chi connectivity index (χ0n) is 11.3. The Labute approximate surface area is 121 Å². The minimum Gasteiger partial charge on any atom is -0.478 e. The van der Waals surface area contributed by atoms with E-state index in [1.165, 1.54) is 12.1 Å². The summed E-state index contributed by atoms with van der Waals surface area (Å²) in [4.78, 5) is 24.2.